The smallest absolute Gasteiger partial charge is 0.340 e. The van der Waals surface area contributed by atoms with Gasteiger partial charge in [-0.15, -0.1) is 0 Å². The molecule has 1 aromatic carbocycles. The van der Waals surface area contributed by atoms with Gasteiger partial charge in [0.15, 0.2) is 0 Å². The van der Waals surface area contributed by atoms with Crippen LogP contribution in [0, 0.1) is 18.8 Å². The van der Waals surface area contributed by atoms with Gasteiger partial charge in [-0.25, -0.2) is 9.78 Å². The lowest BCUT2D eigenvalue weighted by Crippen LogP contribution is -2.14. The zero-order chi connectivity index (χ0) is 16.6. The Labute approximate surface area is 134 Å². The van der Waals surface area contributed by atoms with Gasteiger partial charge in [-0.3, -0.25) is 4.79 Å². The summed E-state index contributed by atoms with van der Waals surface area (Å²) in [5.41, 5.74) is 2.37. The molecule has 0 radical (unpaired) electrons. The third-order valence-corrected chi connectivity index (χ3v) is 4.38. The molecule has 1 aliphatic rings. The number of carbonyl (C=O) groups excluding carboxylic acids is 2. The molecule has 1 fully saturated rings. The molecule has 0 spiro atoms. The number of pyridine rings is 1. The lowest BCUT2D eigenvalue weighted by atomic mass is 10.0. The zero-order valence-corrected chi connectivity index (χ0v) is 13.5. The Hall–Kier alpha value is -2.43. The lowest BCUT2D eigenvalue weighted by molar-refractivity contribution is -0.147. The Balaban J connectivity index is 1.96. The molecule has 1 heterocycles. The number of aryl methyl sites for hydroxylation is 1. The SMILES string of the molecule is COC(=O)c1c(COC(=O)[C@H]2C[C@H]2C)nc2ccccc2c1C. The number of hydrogen-bond donors (Lipinski definition) is 0. The number of hydrogen-bond acceptors (Lipinski definition) is 5. The summed E-state index contributed by atoms with van der Waals surface area (Å²) in [6, 6.07) is 7.56. The van der Waals surface area contributed by atoms with Crippen LogP contribution in [0.2, 0.25) is 0 Å². The number of esters is 2. The van der Waals surface area contributed by atoms with Crippen LogP contribution >= 0.6 is 0 Å². The van der Waals surface area contributed by atoms with Gasteiger partial charge in [0.2, 0.25) is 0 Å². The van der Waals surface area contributed by atoms with Crippen LogP contribution in [0.1, 0.15) is 35.0 Å². The molecule has 0 unspecified atom stereocenters. The highest BCUT2D eigenvalue weighted by atomic mass is 16.5. The summed E-state index contributed by atoms with van der Waals surface area (Å²) < 4.78 is 10.2. The number of methoxy groups -OCH3 is 1. The van der Waals surface area contributed by atoms with Gasteiger partial charge < -0.3 is 9.47 Å². The number of aromatic nitrogens is 1. The summed E-state index contributed by atoms with van der Waals surface area (Å²) >= 11 is 0. The van der Waals surface area contributed by atoms with Gasteiger partial charge in [0, 0.05) is 5.39 Å². The van der Waals surface area contributed by atoms with Crippen LogP contribution in [-0.2, 0) is 20.9 Å². The second-order valence-electron chi connectivity index (χ2n) is 5.99. The highest BCUT2D eigenvalue weighted by Gasteiger charge is 2.40. The normalized spacial score (nSPS) is 19.4. The van der Waals surface area contributed by atoms with E-state index in [0.717, 1.165) is 22.9 Å². The predicted octanol–water partition coefficient (Wildman–Crippen LogP) is 3.03. The topological polar surface area (TPSA) is 65.5 Å². The van der Waals surface area contributed by atoms with Crippen LogP contribution in [0.3, 0.4) is 0 Å². The van der Waals surface area contributed by atoms with Crippen LogP contribution in [0.4, 0.5) is 0 Å². The van der Waals surface area contributed by atoms with E-state index in [9.17, 15) is 9.59 Å². The van der Waals surface area contributed by atoms with Crippen molar-refractivity contribution in [2.75, 3.05) is 7.11 Å². The van der Waals surface area contributed by atoms with Crippen molar-refractivity contribution < 1.29 is 19.1 Å². The standard InChI is InChI=1S/C18H19NO4/c1-10-8-13(10)17(20)23-9-15-16(18(21)22-3)11(2)12-6-4-5-7-14(12)19-15/h4-7,10,13H,8-9H2,1-3H3/t10-,13+/m1/s1. The van der Waals surface area contributed by atoms with Crippen LogP contribution < -0.4 is 0 Å². The number of carbonyl (C=O) groups is 2. The third-order valence-electron chi connectivity index (χ3n) is 4.38. The van der Waals surface area contributed by atoms with Crippen molar-refractivity contribution in [2.45, 2.75) is 26.9 Å². The third kappa shape index (κ3) is 2.91. The van der Waals surface area contributed by atoms with Crippen molar-refractivity contribution in [3.05, 3.63) is 41.1 Å². The van der Waals surface area contributed by atoms with E-state index >= 15 is 0 Å². The molecule has 0 aliphatic heterocycles. The summed E-state index contributed by atoms with van der Waals surface area (Å²) in [5.74, 6) is -0.320. The first-order valence-electron chi connectivity index (χ1n) is 7.66. The number of benzene rings is 1. The summed E-state index contributed by atoms with van der Waals surface area (Å²) in [7, 11) is 1.33. The van der Waals surface area contributed by atoms with Gasteiger partial charge in [0.05, 0.1) is 29.8 Å². The average Bonchev–Trinajstić information content (AvgIpc) is 3.29. The maximum atomic E-state index is 12.1. The molecule has 5 heteroatoms. The van der Waals surface area contributed by atoms with Gasteiger partial charge in [-0.1, -0.05) is 25.1 Å². The molecule has 120 valence electrons. The minimum Gasteiger partial charge on any atom is -0.465 e. The minimum absolute atomic E-state index is 0.0156. The number of fused-ring (bicyclic) bond motifs is 1. The molecule has 23 heavy (non-hydrogen) atoms. The molecule has 0 bridgehead atoms. The van der Waals surface area contributed by atoms with E-state index in [1.165, 1.54) is 7.11 Å². The first-order valence-corrected chi connectivity index (χ1v) is 7.66. The molecule has 0 amide bonds. The highest BCUT2D eigenvalue weighted by Crippen LogP contribution is 2.38. The van der Waals surface area contributed by atoms with Gasteiger partial charge >= 0.3 is 11.9 Å². The number of nitrogens with zero attached hydrogens (tertiary/aromatic N) is 1. The lowest BCUT2D eigenvalue weighted by Gasteiger charge is -2.13. The first kappa shape index (κ1) is 15.5. The number of rotatable bonds is 4. The molecular formula is C18H19NO4. The zero-order valence-electron chi connectivity index (χ0n) is 13.5. The maximum absolute atomic E-state index is 12.1. The second kappa shape index (κ2) is 5.99. The van der Waals surface area contributed by atoms with Crippen molar-refractivity contribution in [2.24, 2.45) is 11.8 Å². The van der Waals surface area contributed by atoms with Crippen LogP contribution in [0.15, 0.2) is 24.3 Å². The van der Waals surface area contributed by atoms with E-state index < -0.39 is 5.97 Å². The van der Waals surface area contributed by atoms with E-state index in [1.807, 2.05) is 38.1 Å². The van der Waals surface area contributed by atoms with Crippen LogP contribution in [-0.4, -0.2) is 24.0 Å². The quantitative estimate of drug-likeness (QED) is 0.812. The Morgan fingerprint density at radius 3 is 2.65 bits per heavy atom. The summed E-state index contributed by atoms with van der Waals surface area (Å²) in [6.07, 6.45) is 0.868. The molecule has 1 saturated carbocycles. The highest BCUT2D eigenvalue weighted by molar-refractivity contribution is 5.98. The van der Waals surface area contributed by atoms with E-state index in [2.05, 4.69) is 4.98 Å². The average molecular weight is 313 g/mol. The van der Waals surface area contributed by atoms with Gasteiger partial charge in [-0.05, 0) is 30.9 Å². The molecule has 2 atom stereocenters. The van der Waals surface area contributed by atoms with Crippen molar-refractivity contribution in [3.8, 4) is 0 Å². The molecule has 2 aromatic rings. The Bertz CT molecular complexity index is 784. The van der Waals surface area contributed by atoms with E-state index in [4.69, 9.17) is 9.47 Å². The van der Waals surface area contributed by atoms with Crippen molar-refractivity contribution in [3.63, 3.8) is 0 Å². The summed E-state index contributed by atoms with van der Waals surface area (Å²) in [5, 5.41) is 0.888. The number of para-hydroxylation sites is 1. The Kier molecular flexibility index (Phi) is 4.03. The molecular weight excluding hydrogens is 294 g/mol. The minimum atomic E-state index is -0.466. The monoisotopic (exact) mass is 313 g/mol. The van der Waals surface area contributed by atoms with E-state index in [1.54, 1.807) is 0 Å². The Morgan fingerprint density at radius 2 is 2.00 bits per heavy atom. The predicted molar refractivity (Wildman–Crippen MR) is 84.9 cm³/mol. The largest absolute Gasteiger partial charge is 0.465 e. The summed E-state index contributed by atoms with van der Waals surface area (Å²) in [6.45, 7) is 3.85. The van der Waals surface area contributed by atoms with E-state index in [-0.39, 0.29) is 18.5 Å². The fourth-order valence-electron chi connectivity index (χ4n) is 2.82. The number of ether oxygens (including phenoxy) is 2. The summed E-state index contributed by atoms with van der Waals surface area (Å²) in [4.78, 5) is 28.6. The van der Waals surface area contributed by atoms with Crippen molar-refractivity contribution in [1.29, 1.82) is 0 Å². The molecule has 1 aliphatic carbocycles. The Morgan fingerprint density at radius 1 is 1.30 bits per heavy atom. The van der Waals surface area contributed by atoms with E-state index in [0.29, 0.717) is 17.2 Å². The second-order valence-corrected chi connectivity index (χ2v) is 5.99. The molecule has 5 nitrogen and oxygen atoms in total. The van der Waals surface area contributed by atoms with Gasteiger partial charge in [-0.2, -0.15) is 0 Å². The first-order chi connectivity index (χ1) is 11.0. The van der Waals surface area contributed by atoms with Crippen molar-refractivity contribution >= 4 is 22.8 Å². The fourth-order valence-corrected chi connectivity index (χ4v) is 2.82. The van der Waals surface area contributed by atoms with Crippen LogP contribution in [0.5, 0.6) is 0 Å². The molecule has 0 saturated heterocycles. The van der Waals surface area contributed by atoms with Gasteiger partial charge in [0.1, 0.15) is 6.61 Å². The van der Waals surface area contributed by atoms with Gasteiger partial charge in [0.25, 0.3) is 0 Å². The fraction of sp³-hybridized carbons (Fsp3) is 0.389. The molecule has 0 N–H and O–H groups in total. The molecule has 1 aromatic heterocycles. The molecule has 3 rings (SSSR count). The van der Waals surface area contributed by atoms with Crippen molar-refractivity contribution in [1.82, 2.24) is 4.98 Å². The maximum Gasteiger partial charge on any atom is 0.340 e. The van der Waals surface area contributed by atoms with Crippen LogP contribution in [0.25, 0.3) is 10.9 Å².